The first kappa shape index (κ1) is 21.9. The number of H-pyrrole nitrogens is 1. The first-order valence-electron chi connectivity index (χ1n) is 9.60. The number of alkyl halides is 2. The second-order valence-corrected chi connectivity index (χ2v) is 6.86. The van der Waals surface area contributed by atoms with Crippen molar-refractivity contribution in [1.29, 1.82) is 0 Å². The van der Waals surface area contributed by atoms with E-state index in [0.29, 0.717) is 10.1 Å². The zero-order chi connectivity index (χ0) is 23.5. The quantitative estimate of drug-likeness (QED) is 0.375. The molecule has 4 aromatic rings. The van der Waals surface area contributed by atoms with Crippen molar-refractivity contribution in [3.63, 3.8) is 0 Å². The Morgan fingerprint density at radius 2 is 1.58 bits per heavy atom. The van der Waals surface area contributed by atoms with Crippen LogP contribution in [-0.4, -0.2) is 22.6 Å². The van der Waals surface area contributed by atoms with Crippen LogP contribution in [-0.2, 0) is 0 Å². The Morgan fingerprint density at radius 1 is 0.909 bits per heavy atom. The van der Waals surface area contributed by atoms with Gasteiger partial charge in [-0.1, -0.05) is 36.1 Å². The molecular weight excluding hydrogens is 440 g/mol. The molecule has 9 heteroatoms. The standard InChI is InChI=1S/C24H14F4N2O3/c25-17-11-15(10-9-14-5-2-1-3-6-14)12-18(26)22(17)30-23(31)16-7-4-8-19(33-13-20(27)28)21(16)29-24(30)32/h1-8,11-12,20H,13H2,(H,29,32). The monoisotopic (exact) mass is 454 g/mol. The van der Waals surface area contributed by atoms with Gasteiger partial charge in [0.05, 0.1) is 10.9 Å². The number of halogens is 4. The number of nitrogens with one attached hydrogen (secondary N) is 1. The van der Waals surface area contributed by atoms with E-state index in [1.807, 2.05) is 0 Å². The van der Waals surface area contributed by atoms with Gasteiger partial charge in [0, 0.05) is 11.1 Å². The third-order valence-corrected chi connectivity index (χ3v) is 4.63. The molecule has 0 bridgehead atoms. The summed E-state index contributed by atoms with van der Waals surface area (Å²) in [4.78, 5) is 27.8. The molecule has 1 heterocycles. The van der Waals surface area contributed by atoms with Gasteiger partial charge < -0.3 is 9.72 Å². The van der Waals surface area contributed by atoms with E-state index in [-0.39, 0.29) is 22.2 Å². The van der Waals surface area contributed by atoms with E-state index in [9.17, 15) is 27.2 Å². The largest absolute Gasteiger partial charge is 0.485 e. The van der Waals surface area contributed by atoms with Gasteiger partial charge in [0.15, 0.2) is 11.6 Å². The molecule has 166 valence electrons. The molecule has 0 aliphatic carbocycles. The lowest BCUT2D eigenvalue weighted by Gasteiger charge is -2.12. The van der Waals surface area contributed by atoms with Gasteiger partial charge in [-0.3, -0.25) is 4.79 Å². The van der Waals surface area contributed by atoms with Gasteiger partial charge in [-0.15, -0.1) is 0 Å². The summed E-state index contributed by atoms with van der Waals surface area (Å²) >= 11 is 0. The van der Waals surface area contributed by atoms with Gasteiger partial charge >= 0.3 is 5.69 Å². The van der Waals surface area contributed by atoms with E-state index in [0.717, 1.165) is 12.1 Å². The van der Waals surface area contributed by atoms with Gasteiger partial charge in [-0.2, -0.15) is 0 Å². The Morgan fingerprint density at radius 3 is 2.24 bits per heavy atom. The summed E-state index contributed by atoms with van der Waals surface area (Å²) < 4.78 is 59.9. The highest BCUT2D eigenvalue weighted by Gasteiger charge is 2.20. The zero-order valence-electron chi connectivity index (χ0n) is 16.7. The Balaban J connectivity index is 1.82. The van der Waals surface area contributed by atoms with Crippen LogP contribution < -0.4 is 16.0 Å². The lowest BCUT2D eigenvalue weighted by molar-refractivity contribution is 0.0825. The Labute approximate surface area is 183 Å². The van der Waals surface area contributed by atoms with Crippen LogP contribution in [0.15, 0.2) is 70.3 Å². The first-order chi connectivity index (χ1) is 15.8. The Bertz CT molecular complexity index is 1490. The fraction of sp³-hybridized carbons (Fsp3) is 0.0833. The first-order valence-corrected chi connectivity index (χ1v) is 9.60. The zero-order valence-corrected chi connectivity index (χ0v) is 16.7. The van der Waals surface area contributed by atoms with Crippen LogP contribution >= 0.6 is 0 Å². The molecule has 0 spiro atoms. The van der Waals surface area contributed by atoms with Crippen molar-refractivity contribution in [3.05, 3.63) is 104 Å². The number of aromatic amines is 1. The number of para-hydroxylation sites is 1. The number of aromatic nitrogens is 2. The smallest absolute Gasteiger partial charge is 0.333 e. The molecule has 0 fully saturated rings. The van der Waals surface area contributed by atoms with Gasteiger partial charge in [-0.05, 0) is 36.4 Å². The van der Waals surface area contributed by atoms with Gasteiger partial charge in [0.25, 0.3) is 12.0 Å². The minimum absolute atomic E-state index is 0.00514. The summed E-state index contributed by atoms with van der Waals surface area (Å²) in [7, 11) is 0. The van der Waals surface area contributed by atoms with Crippen molar-refractivity contribution in [3.8, 4) is 23.3 Å². The average molecular weight is 454 g/mol. The van der Waals surface area contributed by atoms with Crippen LogP contribution in [0, 0.1) is 23.5 Å². The number of nitrogens with zero attached hydrogens (tertiary/aromatic N) is 1. The summed E-state index contributed by atoms with van der Waals surface area (Å²) in [6, 6.07) is 14.5. The van der Waals surface area contributed by atoms with Gasteiger partial charge in [-0.25, -0.2) is 26.9 Å². The summed E-state index contributed by atoms with van der Waals surface area (Å²) in [5.74, 6) is 2.87. The molecule has 0 unspecified atom stereocenters. The minimum atomic E-state index is -2.78. The van der Waals surface area contributed by atoms with Gasteiger partial charge in [0.2, 0.25) is 0 Å². The number of benzene rings is 3. The van der Waals surface area contributed by atoms with Crippen LogP contribution in [0.4, 0.5) is 17.6 Å². The molecule has 33 heavy (non-hydrogen) atoms. The second-order valence-electron chi connectivity index (χ2n) is 6.86. The number of hydrogen-bond donors (Lipinski definition) is 1. The molecule has 0 aliphatic rings. The van der Waals surface area contributed by atoms with Crippen molar-refractivity contribution >= 4 is 10.9 Å². The van der Waals surface area contributed by atoms with Crippen LogP contribution in [0.3, 0.4) is 0 Å². The van der Waals surface area contributed by atoms with Crippen LogP contribution in [0.2, 0.25) is 0 Å². The maximum absolute atomic E-state index is 14.8. The average Bonchev–Trinajstić information content (AvgIpc) is 2.78. The summed E-state index contributed by atoms with van der Waals surface area (Å²) in [5.41, 5.74) is -2.61. The predicted octanol–water partition coefficient (Wildman–Crippen LogP) is 4.00. The molecule has 0 saturated heterocycles. The summed E-state index contributed by atoms with van der Waals surface area (Å²) in [5, 5.41) is -0.173. The highest BCUT2D eigenvalue weighted by atomic mass is 19.3. The highest BCUT2D eigenvalue weighted by Crippen LogP contribution is 2.22. The normalized spacial score (nSPS) is 10.8. The molecule has 0 radical (unpaired) electrons. The van der Waals surface area contributed by atoms with Crippen molar-refractivity contribution in [2.45, 2.75) is 6.43 Å². The molecule has 5 nitrogen and oxygen atoms in total. The predicted molar refractivity (Wildman–Crippen MR) is 114 cm³/mol. The number of ether oxygens (including phenoxy) is 1. The lowest BCUT2D eigenvalue weighted by Crippen LogP contribution is -2.35. The van der Waals surface area contributed by atoms with E-state index in [4.69, 9.17) is 4.74 Å². The Kier molecular flexibility index (Phi) is 6.00. The fourth-order valence-corrected chi connectivity index (χ4v) is 3.21. The molecule has 3 aromatic carbocycles. The molecule has 1 aromatic heterocycles. The third kappa shape index (κ3) is 4.50. The van der Waals surface area contributed by atoms with Crippen molar-refractivity contribution < 1.29 is 22.3 Å². The molecule has 0 atom stereocenters. The van der Waals surface area contributed by atoms with E-state index in [1.54, 1.807) is 30.3 Å². The molecular formula is C24H14F4N2O3. The van der Waals surface area contributed by atoms with Crippen molar-refractivity contribution in [2.75, 3.05) is 6.61 Å². The van der Waals surface area contributed by atoms with E-state index in [1.165, 1.54) is 18.2 Å². The van der Waals surface area contributed by atoms with Gasteiger partial charge in [0.1, 0.15) is 18.0 Å². The van der Waals surface area contributed by atoms with Crippen molar-refractivity contribution in [2.24, 2.45) is 0 Å². The maximum Gasteiger partial charge on any atom is 0.333 e. The highest BCUT2D eigenvalue weighted by molar-refractivity contribution is 5.83. The SMILES string of the molecule is O=c1[nH]c2c(OCC(F)F)cccc2c(=O)n1-c1c(F)cc(C#Cc2ccccc2)cc1F. The van der Waals surface area contributed by atoms with E-state index >= 15 is 0 Å². The van der Waals surface area contributed by atoms with Crippen molar-refractivity contribution in [1.82, 2.24) is 9.55 Å². The lowest BCUT2D eigenvalue weighted by atomic mass is 10.1. The maximum atomic E-state index is 14.8. The summed E-state index contributed by atoms with van der Waals surface area (Å²) in [6.45, 7) is -0.959. The number of fused-ring (bicyclic) bond motifs is 1. The fourth-order valence-electron chi connectivity index (χ4n) is 3.21. The van der Waals surface area contributed by atoms with E-state index in [2.05, 4.69) is 16.8 Å². The summed E-state index contributed by atoms with van der Waals surface area (Å²) in [6.07, 6.45) is -2.78. The molecule has 1 N–H and O–H groups in total. The second kappa shape index (κ2) is 9.04. The van der Waals surface area contributed by atoms with Crippen LogP contribution in [0.1, 0.15) is 11.1 Å². The minimum Gasteiger partial charge on any atom is -0.485 e. The third-order valence-electron chi connectivity index (χ3n) is 4.63. The number of rotatable bonds is 4. The topological polar surface area (TPSA) is 64.1 Å². The Hall–Kier alpha value is -4.32. The van der Waals surface area contributed by atoms with Crippen LogP contribution in [0.5, 0.6) is 5.75 Å². The molecule has 0 aliphatic heterocycles. The molecule has 4 rings (SSSR count). The number of hydrogen-bond acceptors (Lipinski definition) is 3. The van der Waals surface area contributed by atoms with E-state index < -0.39 is 41.6 Å². The molecule has 0 saturated carbocycles. The van der Waals surface area contributed by atoms with Crippen LogP contribution in [0.25, 0.3) is 16.6 Å². The molecule has 0 amide bonds.